The molecule has 12 heteroatoms. The van der Waals surface area contributed by atoms with Crippen molar-refractivity contribution in [3.63, 3.8) is 0 Å². The number of rotatable bonds is 8. The zero-order valence-electron chi connectivity index (χ0n) is 16.9. The van der Waals surface area contributed by atoms with Gasteiger partial charge in [0.25, 0.3) is 5.66 Å². The molecular weight excluding hydrogens is 463 g/mol. The van der Waals surface area contributed by atoms with Gasteiger partial charge in [-0.05, 0) is 24.1 Å². The maximum absolute atomic E-state index is 14.2. The van der Waals surface area contributed by atoms with Crippen molar-refractivity contribution in [1.29, 1.82) is 0 Å². The Morgan fingerprint density at radius 3 is 2.33 bits per heavy atom. The van der Waals surface area contributed by atoms with Crippen LogP contribution in [0.5, 0.6) is 5.88 Å². The molecule has 0 aliphatic rings. The number of ether oxygens (including phenoxy) is 1. The van der Waals surface area contributed by atoms with Crippen LogP contribution in [-0.2, 0) is 11.2 Å². The molecule has 3 atom stereocenters. The Morgan fingerprint density at radius 2 is 1.76 bits per heavy atom. The van der Waals surface area contributed by atoms with E-state index in [1.165, 1.54) is 15.3 Å². The van der Waals surface area contributed by atoms with Gasteiger partial charge in [-0.25, -0.2) is 13.8 Å². The van der Waals surface area contributed by atoms with E-state index in [4.69, 9.17) is 21.3 Å². The number of halogens is 4. The number of nitrogen functional groups attached to an aromatic ring is 1. The molecule has 1 heterocycles. The number of carboxylic acid groups (broad SMARTS) is 1. The number of aliphatic carboxylic acids is 1. The molecule has 0 aliphatic carbocycles. The van der Waals surface area contributed by atoms with Crippen molar-refractivity contribution in [1.82, 2.24) is 9.97 Å². The molecule has 0 aliphatic heterocycles. The highest BCUT2D eigenvalue weighted by molar-refractivity contribution is 7.18. The monoisotopic (exact) mass is 482 g/mol. The first-order valence-corrected chi connectivity index (χ1v) is 10.0. The molecule has 3 rings (SSSR count). The van der Waals surface area contributed by atoms with Gasteiger partial charge in [0, 0.05) is 17.2 Å². The van der Waals surface area contributed by atoms with E-state index in [-0.39, 0.29) is 29.5 Å². The summed E-state index contributed by atoms with van der Waals surface area (Å²) in [5.41, 5.74) is 8.77. The Balaban J connectivity index is 1.90. The molecule has 3 unspecified atom stereocenters. The van der Waals surface area contributed by atoms with Crippen molar-refractivity contribution in [2.75, 3.05) is 5.73 Å². The van der Waals surface area contributed by atoms with Crippen LogP contribution in [0.1, 0.15) is 17.2 Å². The second-order valence-electron chi connectivity index (χ2n) is 7.14. The molecule has 0 fully saturated rings. The molecule has 33 heavy (non-hydrogen) atoms. The van der Waals surface area contributed by atoms with E-state index < -0.39 is 35.4 Å². The maximum atomic E-state index is 14.2. The molecule has 1 aromatic heterocycles. The third-order valence-electron chi connectivity index (χ3n) is 4.58. The Morgan fingerprint density at radius 1 is 1.09 bits per heavy atom. The molecule has 0 radical (unpaired) electrons. The number of carbonyl (C=O) groups is 1. The molecule has 0 spiro atoms. The van der Waals surface area contributed by atoms with Crippen LogP contribution in [0.25, 0.3) is 11.3 Å². The third-order valence-corrected chi connectivity index (χ3v) is 4.88. The number of benzene rings is 2. The van der Waals surface area contributed by atoms with E-state index in [1.807, 2.05) is 0 Å². The van der Waals surface area contributed by atoms with Crippen LogP contribution in [0, 0.1) is 11.6 Å². The summed E-state index contributed by atoms with van der Waals surface area (Å²) in [6, 6.07) is 9.02. The quantitative estimate of drug-likeness (QED) is 0.331. The van der Waals surface area contributed by atoms with E-state index in [0.29, 0.717) is 17.2 Å². The number of aromatic nitrogens is 2. The summed E-state index contributed by atoms with van der Waals surface area (Å²) in [5.74, 6) is -4.21. The van der Waals surface area contributed by atoms with E-state index >= 15 is 0 Å². The summed E-state index contributed by atoms with van der Waals surface area (Å²) in [7, 11) is 1.30. The van der Waals surface area contributed by atoms with E-state index in [2.05, 4.69) is 9.97 Å². The predicted molar refractivity (Wildman–Crippen MR) is 116 cm³/mol. The van der Waals surface area contributed by atoms with Crippen molar-refractivity contribution in [2.45, 2.75) is 24.2 Å². The van der Waals surface area contributed by atoms with Gasteiger partial charge in [-0.3, -0.25) is 4.79 Å². The smallest absolute Gasteiger partial charge is 0.320 e. The van der Waals surface area contributed by atoms with Gasteiger partial charge in [-0.2, -0.15) is 13.8 Å². The van der Waals surface area contributed by atoms with E-state index in [0.717, 1.165) is 12.1 Å². The predicted octanol–water partition coefficient (Wildman–Crippen LogP) is 3.55. The highest BCUT2D eigenvalue weighted by Crippen LogP contribution is 2.40. The highest BCUT2D eigenvalue weighted by atomic mass is 31.0. The first-order chi connectivity index (χ1) is 15.4. The molecule has 2 aromatic carbocycles. The van der Waals surface area contributed by atoms with Crippen LogP contribution in [-0.4, -0.2) is 32.7 Å². The Bertz CT molecular complexity index is 1160. The lowest BCUT2D eigenvalue weighted by molar-refractivity contribution is -0.138. The number of alkyl halides is 2. The lowest BCUT2D eigenvalue weighted by atomic mass is 10.0. The molecule has 3 aromatic rings. The van der Waals surface area contributed by atoms with Gasteiger partial charge in [0.1, 0.15) is 6.04 Å². The lowest BCUT2D eigenvalue weighted by Gasteiger charge is -2.24. The second kappa shape index (κ2) is 9.68. The molecule has 5 N–H and O–H groups in total. The summed E-state index contributed by atoms with van der Waals surface area (Å²) >= 11 is 0. The van der Waals surface area contributed by atoms with Gasteiger partial charge < -0.3 is 21.3 Å². The normalized spacial score (nSPS) is 13.4. The fourth-order valence-corrected chi connectivity index (χ4v) is 3.23. The molecule has 174 valence electrons. The first-order valence-electron chi connectivity index (χ1n) is 9.44. The first kappa shape index (κ1) is 24.3. The van der Waals surface area contributed by atoms with Crippen LogP contribution in [0.4, 0.5) is 23.5 Å². The fraction of sp³-hybridized carbons (Fsp3) is 0.190. The summed E-state index contributed by atoms with van der Waals surface area (Å²) < 4.78 is 60.6. The summed E-state index contributed by atoms with van der Waals surface area (Å²) in [4.78, 5) is 18.8. The number of hydrogen-bond acceptors (Lipinski definition) is 6. The third kappa shape index (κ3) is 6.15. The Hall–Kier alpha value is -3.30. The molecule has 0 saturated heterocycles. The minimum Gasteiger partial charge on any atom is -0.480 e. The Kier molecular flexibility index (Phi) is 7.14. The molecule has 7 nitrogen and oxygen atoms in total. The van der Waals surface area contributed by atoms with Crippen LogP contribution < -0.4 is 16.2 Å². The zero-order chi connectivity index (χ0) is 24.3. The van der Waals surface area contributed by atoms with Crippen LogP contribution in [0.3, 0.4) is 0 Å². The SMILES string of the molecule is Nc1nc(OC(c2ccc(F)c(F)c2)C(F)(F)P)cc(-c2ccc(CC(N)C(=O)O)cc2)n1. The van der Waals surface area contributed by atoms with Crippen LogP contribution in [0.2, 0.25) is 0 Å². The molecule has 0 bridgehead atoms. The van der Waals surface area contributed by atoms with Crippen molar-refractivity contribution < 1.29 is 32.2 Å². The minimum atomic E-state index is -3.56. The van der Waals surface area contributed by atoms with Crippen molar-refractivity contribution in [3.05, 3.63) is 71.3 Å². The second-order valence-corrected chi connectivity index (χ2v) is 7.91. The Labute approximate surface area is 188 Å². The van der Waals surface area contributed by atoms with Crippen LogP contribution >= 0.6 is 9.24 Å². The van der Waals surface area contributed by atoms with Crippen LogP contribution in [0.15, 0.2) is 48.5 Å². The highest BCUT2D eigenvalue weighted by Gasteiger charge is 2.39. The van der Waals surface area contributed by atoms with Gasteiger partial charge in [-0.15, -0.1) is 0 Å². The van der Waals surface area contributed by atoms with Gasteiger partial charge >= 0.3 is 5.97 Å². The summed E-state index contributed by atoms with van der Waals surface area (Å²) in [6.07, 6.45) is -1.91. The number of nitrogens with two attached hydrogens (primary N) is 2. The fourth-order valence-electron chi connectivity index (χ4n) is 2.97. The number of hydrogen-bond donors (Lipinski definition) is 3. The average Bonchev–Trinajstić information content (AvgIpc) is 2.73. The lowest BCUT2D eigenvalue weighted by Crippen LogP contribution is -2.32. The zero-order valence-corrected chi connectivity index (χ0v) is 18.0. The number of nitrogens with zero attached hydrogens (tertiary/aromatic N) is 2. The molecular formula is C21H19F4N4O3P. The van der Waals surface area contributed by atoms with Gasteiger partial charge in [0.05, 0.1) is 5.69 Å². The maximum Gasteiger partial charge on any atom is 0.320 e. The van der Waals surface area contributed by atoms with Gasteiger partial charge in [0.2, 0.25) is 11.8 Å². The largest absolute Gasteiger partial charge is 0.480 e. The molecule has 0 saturated carbocycles. The molecule has 0 amide bonds. The van der Waals surface area contributed by atoms with Gasteiger partial charge in [0.15, 0.2) is 17.7 Å². The summed E-state index contributed by atoms with van der Waals surface area (Å²) in [5, 5.41) is 8.91. The van der Waals surface area contributed by atoms with Crippen molar-refractivity contribution >= 4 is 21.2 Å². The van der Waals surface area contributed by atoms with E-state index in [9.17, 15) is 22.4 Å². The summed E-state index contributed by atoms with van der Waals surface area (Å²) in [6.45, 7) is 0. The number of carboxylic acids is 1. The van der Waals surface area contributed by atoms with E-state index in [1.54, 1.807) is 24.3 Å². The van der Waals surface area contributed by atoms with Gasteiger partial charge in [-0.1, -0.05) is 39.6 Å². The number of anilines is 1. The average molecular weight is 482 g/mol. The minimum absolute atomic E-state index is 0.106. The topological polar surface area (TPSA) is 124 Å². The van der Waals surface area contributed by atoms with Crippen molar-refractivity contribution in [3.8, 4) is 17.1 Å². The van der Waals surface area contributed by atoms with Crippen molar-refractivity contribution in [2.24, 2.45) is 5.73 Å². The standard InChI is InChI=1S/C21H19F4N4O3P/c22-13-6-5-12(8-14(13)23)18(21(24,25)33)32-17-9-16(28-20(27)29-17)11-3-1-10(2-4-11)7-15(26)19(30)31/h1-6,8-9,15,18H,7,26,33H2,(H,30,31)(H2,27,28,29).